The van der Waals surface area contributed by atoms with Crippen LogP contribution in [0.2, 0.25) is 0 Å². The van der Waals surface area contributed by atoms with Crippen LogP contribution in [0.4, 0.5) is 16.2 Å². The molecule has 0 heterocycles. The molecule has 0 aromatic heterocycles. The van der Waals surface area contributed by atoms with Crippen LogP contribution in [0.25, 0.3) is 0 Å². The molecule has 0 saturated carbocycles. The summed E-state index contributed by atoms with van der Waals surface area (Å²) in [6, 6.07) is 3.69. The molecule has 0 aliphatic carbocycles. The summed E-state index contributed by atoms with van der Waals surface area (Å²) in [4.78, 5) is 22.0. The Hall–Kier alpha value is -2.31. The SMILES string of the molecule is [2H]C([2H])([2H])Oc1cccc(NC(=O)OC(C)(C)C)c1[N+](=O)[O-]. The van der Waals surface area contributed by atoms with Crippen LogP contribution in [0.3, 0.4) is 0 Å². The molecule has 0 aliphatic heterocycles. The second-order valence-corrected chi connectivity index (χ2v) is 4.64. The van der Waals surface area contributed by atoms with E-state index >= 15 is 0 Å². The fourth-order valence-electron chi connectivity index (χ4n) is 1.31. The number of hydrogen-bond acceptors (Lipinski definition) is 5. The Morgan fingerprint density at radius 2 is 2.16 bits per heavy atom. The monoisotopic (exact) mass is 271 g/mol. The van der Waals surface area contributed by atoms with Gasteiger partial charge in [-0.15, -0.1) is 0 Å². The fourth-order valence-corrected chi connectivity index (χ4v) is 1.31. The normalized spacial score (nSPS) is 13.7. The number of benzene rings is 1. The van der Waals surface area contributed by atoms with Gasteiger partial charge in [-0.3, -0.25) is 15.4 Å². The lowest BCUT2D eigenvalue weighted by molar-refractivity contribution is -0.384. The Morgan fingerprint density at radius 3 is 2.68 bits per heavy atom. The molecule has 1 aromatic rings. The standard InChI is InChI=1S/C12H16N2O5/c1-12(2,3)19-11(15)13-8-6-5-7-9(18-4)10(8)14(16)17/h5-7H,1-4H3,(H,13,15)/i4D3. The van der Waals surface area contributed by atoms with Gasteiger partial charge in [-0.05, 0) is 32.9 Å². The predicted molar refractivity (Wildman–Crippen MR) is 69.5 cm³/mol. The molecular formula is C12H16N2O5. The molecule has 0 spiro atoms. The second kappa shape index (κ2) is 5.55. The molecule has 1 aromatic carbocycles. The number of amides is 1. The van der Waals surface area contributed by atoms with Gasteiger partial charge in [0.15, 0.2) is 5.75 Å². The molecule has 0 atom stereocenters. The van der Waals surface area contributed by atoms with E-state index in [0.29, 0.717) is 0 Å². The summed E-state index contributed by atoms with van der Waals surface area (Å²) in [5.41, 5.74) is -1.67. The van der Waals surface area contributed by atoms with E-state index in [1.54, 1.807) is 20.8 Å². The van der Waals surface area contributed by atoms with Gasteiger partial charge in [-0.25, -0.2) is 4.79 Å². The number of nitro benzene ring substituents is 1. The summed E-state index contributed by atoms with van der Waals surface area (Å²) in [7, 11) is -2.85. The van der Waals surface area contributed by atoms with Gasteiger partial charge in [-0.1, -0.05) is 6.07 Å². The molecule has 0 fully saturated rings. The van der Waals surface area contributed by atoms with Gasteiger partial charge in [0.05, 0.1) is 16.1 Å². The summed E-state index contributed by atoms with van der Waals surface area (Å²) in [5.74, 6) is -0.474. The number of anilines is 1. The van der Waals surface area contributed by atoms with E-state index < -0.39 is 35.1 Å². The molecule has 7 heteroatoms. The first-order chi connectivity index (χ1) is 9.89. The maximum absolute atomic E-state index is 11.7. The second-order valence-electron chi connectivity index (χ2n) is 4.64. The van der Waals surface area contributed by atoms with Crippen LogP contribution in [-0.2, 0) is 4.74 Å². The zero-order chi connectivity index (χ0) is 17.1. The van der Waals surface area contributed by atoms with Gasteiger partial charge in [0.25, 0.3) is 0 Å². The molecule has 1 amide bonds. The van der Waals surface area contributed by atoms with E-state index in [-0.39, 0.29) is 5.69 Å². The van der Waals surface area contributed by atoms with E-state index in [2.05, 4.69) is 10.1 Å². The number of para-hydroxylation sites is 1. The van der Waals surface area contributed by atoms with Gasteiger partial charge in [-0.2, -0.15) is 0 Å². The molecular weight excluding hydrogens is 252 g/mol. The lowest BCUT2D eigenvalue weighted by Gasteiger charge is -2.19. The van der Waals surface area contributed by atoms with E-state index in [4.69, 9.17) is 8.85 Å². The third-order valence-corrected chi connectivity index (χ3v) is 1.93. The highest BCUT2D eigenvalue weighted by Crippen LogP contribution is 2.34. The van der Waals surface area contributed by atoms with Crippen molar-refractivity contribution in [3.8, 4) is 5.75 Å². The summed E-state index contributed by atoms with van der Waals surface area (Å²) in [5, 5.41) is 13.4. The van der Waals surface area contributed by atoms with Crippen molar-refractivity contribution in [1.82, 2.24) is 0 Å². The highest BCUT2D eigenvalue weighted by Gasteiger charge is 2.24. The fraction of sp³-hybridized carbons (Fsp3) is 0.417. The molecule has 0 saturated heterocycles. The van der Waals surface area contributed by atoms with Crippen molar-refractivity contribution in [2.24, 2.45) is 0 Å². The van der Waals surface area contributed by atoms with E-state index in [1.807, 2.05) is 0 Å². The number of nitrogens with one attached hydrogen (secondary N) is 1. The molecule has 0 radical (unpaired) electrons. The average Bonchev–Trinajstić information content (AvgIpc) is 2.22. The smallest absolute Gasteiger partial charge is 0.412 e. The number of nitro groups is 1. The molecule has 1 rings (SSSR count). The highest BCUT2D eigenvalue weighted by molar-refractivity contribution is 5.89. The largest absolute Gasteiger partial charge is 0.490 e. The quantitative estimate of drug-likeness (QED) is 0.674. The van der Waals surface area contributed by atoms with Gasteiger partial charge in [0.2, 0.25) is 0 Å². The minimum absolute atomic E-state index is 0.221. The summed E-state index contributed by atoms with van der Waals surface area (Å²) < 4.78 is 30.6. The van der Waals surface area contributed by atoms with E-state index in [9.17, 15) is 14.9 Å². The van der Waals surface area contributed by atoms with Gasteiger partial charge in [0, 0.05) is 0 Å². The van der Waals surface area contributed by atoms with Crippen LogP contribution in [0.15, 0.2) is 18.2 Å². The molecule has 104 valence electrons. The van der Waals surface area contributed by atoms with Gasteiger partial charge in [0.1, 0.15) is 11.3 Å². The molecule has 7 nitrogen and oxygen atoms in total. The Balaban J connectivity index is 3.12. The topological polar surface area (TPSA) is 90.7 Å². The first-order valence-electron chi connectivity index (χ1n) is 6.85. The van der Waals surface area contributed by atoms with E-state index in [1.165, 1.54) is 12.1 Å². The Morgan fingerprint density at radius 1 is 1.47 bits per heavy atom. The van der Waals surface area contributed by atoms with Crippen molar-refractivity contribution in [2.45, 2.75) is 26.4 Å². The lowest BCUT2D eigenvalue weighted by atomic mass is 10.2. The van der Waals surface area contributed by atoms with Gasteiger partial charge < -0.3 is 9.47 Å². The van der Waals surface area contributed by atoms with Crippen molar-refractivity contribution in [3.05, 3.63) is 28.3 Å². The first-order valence-corrected chi connectivity index (χ1v) is 5.35. The van der Waals surface area contributed by atoms with Crippen LogP contribution in [0.5, 0.6) is 5.75 Å². The van der Waals surface area contributed by atoms with Crippen molar-refractivity contribution in [3.63, 3.8) is 0 Å². The molecule has 0 bridgehead atoms. The maximum atomic E-state index is 11.7. The third-order valence-electron chi connectivity index (χ3n) is 1.93. The number of methoxy groups -OCH3 is 1. The zero-order valence-corrected chi connectivity index (χ0v) is 10.7. The number of carbonyl (C=O) groups is 1. The first kappa shape index (κ1) is 10.6. The highest BCUT2D eigenvalue weighted by atomic mass is 16.6. The maximum Gasteiger partial charge on any atom is 0.412 e. The number of nitrogens with zero attached hydrogens (tertiary/aromatic N) is 1. The van der Waals surface area contributed by atoms with Crippen LogP contribution in [0.1, 0.15) is 24.9 Å². The van der Waals surface area contributed by atoms with Crippen LogP contribution in [0, 0.1) is 10.1 Å². The third kappa shape index (κ3) is 4.13. The van der Waals surface area contributed by atoms with Crippen molar-refractivity contribution >= 4 is 17.5 Å². The van der Waals surface area contributed by atoms with E-state index in [0.717, 1.165) is 6.07 Å². The van der Waals surface area contributed by atoms with Crippen LogP contribution < -0.4 is 10.1 Å². The molecule has 1 N–H and O–H groups in total. The van der Waals surface area contributed by atoms with Crippen LogP contribution >= 0.6 is 0 Å². The van der Waals surface area contributed by atoms with Crippen molar-refractivity contribution in [2.75, 3.05) is 12.4 Å². The van der Waals surface area contributed by atoms with Crippen LogP contribution in [-0.4, -0.2) is 23.7 Å². The summed E-state index contributed by atoms with van der Waals surface area (Å²) in [6.45, 7) is 4.90. The Bertz CT molecular complexity index is 581. The Labute approximate surface area is 114 Å². The Kier molecular flexibility index (Phi) is 3.10. The average molecular weight is 271 g/mol. The minimum atomic E-state index is -2.85. The van der Waals surface area contributed by atoms with Gasteiger partial charge >= 0.3 is 11.8 Å². The number of ether oxygens (including phenoxy) is 2. The predicted octanol–water partition coefficient (Wildman–Crippen LogP) is 2.95. The molecule has 19 heavy (non-hydrogen) atoms. The minimum Gasteiger partial charge on any atom is -0.490 e. The molecule has 0 aliphatic rings. The number of carbonyl (C=O) groups excluding carboxylic acids is 1. The van der Waals surface area contributed by atoms with Crippen molar-refractivity contribution in [1.29, 1.82) is 0 Å². The summed E-state index contributed by atoms with van der Waals surface area (Å²) in [6.07, 6.45) is -0.901. The van der Waals surface area contributed by atoms with Crippen molar-refractivity contribution < 1.29 is 23.3 Å². The molecule has 0 unspecified atom stereocenters. The lowest BCUT2D eigenvalue weighted by Crippen LogP contribution is -2.27. The number of hydrogen-bond donors (Lipinski definition) is 1. The number of rotatable bonds is 3. The zero-order valence-electron chi connectivity index (χ0n) is 13.7. The summed E-state index contributed by atoms with van der Waals surface area (Å²) >= 11 is 0.